The average Bonchev–Trinajstić information content (AvgIpc) is 3.21. The molecule has 5 heteroatoms. The van der Waals surface area contributed by atoms with Gasteiger partial charge in [0, 0.05) is 35.1 Å². The molecule has 4 aromatic rings. The van der Waals surface area contributed by atoms with Gasteiger partial charge in [-0.2, -0.15) is 16.3 Å². The summed E-state index contributed by atoms with van der Waals surface area (Å²) in [6, 6.07) is 10.3. The van der Waals surface area contributed by atoms with Crippen LogP contribution in [0.4, 0.5) is 0 Å². The highest BCUT2D eigenvalue weighted by Crippen LogP contribution is 2.24. The van der Waals surface area contributed by atoms with Gasteiger partial charge in [0.25, 0.3) is 0 Å². The van der Waals surface area contributed by atoms with Crippen LogP contribution in [0.25, 0.3) is 22.3 Å². The molecule has 0 aliphatic rings. The zero-order chi connectivity index (χ0) is 14.2. The second kappa shape index (κ2) is 4.86. The van der Waals surface area contributed by atoms with Gasteiger partial charge < -0.3 is 9.09 Å². The summed E-state index contributed by atoms with van der Waals surface area (Å²) in [4.78, 5) is 4.48. The molecular formula is C16H13N3OS. The molecule has 0 saturated heterocycles. The second-order valence-corrected chi connectivity index (χ2v) is 5.76. The largest absolute Gasteiger partial charge is 0.350 e. The highest BCUT2D eigenvalue weighted by atomic mass is 32.1. The maximum Gasteiger partial charge on any atom is 0.231 e. The van der Waals surface area contributed by atoms with E-state index < -0.39 is 0 Å². The van der Waals surface area contributed by atoms with Crippen molar-refractivity contribution in [3.05, 3.63) is 58.7 Å². The van der Waals surface area contributed by atoms with E-state index >= 15 is 0 Å². The molecule has 0 N–H and O–H groups in total. The summed E-state index contributed by atoms with van der Waals surface area (Å²) in [6.07, 6.45) is 2.78. The van der Waals surface area contributed by atoms with Crippen molar-refractivity contribution in [1.82, 2.24) is 14.7 Å². The van der Waals surface area contributed by atoms with Crippen molar-refractivity contribution in [2.75, 3.05) is 0 Å². The third-order valence-electron chi connectivity index (χ3n) is 3.57. The zero-order valence-corrected chi connectivity index (χ0v) is 12.3. The third kappa shape index (κ3) is 2.15. The van der Waals surface area contributed by atoms with Gasteiger partial charge in [-0.3, -0.25) is 0 Å². The molecule has 0 fully saturated rings. The minimum Gasteiger partial charge on any atom is -0.350 e. The van der Waals surface area contributed by atoms with Gasteiger partial charge in [-0.05, 0) is 23.1 Å². The van der Waals surface area contributed by atoms with Gasteiger partial charge in [0.05, 0.1) is 6.42 Å². The smallest absolute Gasteiger partial charge is 0.231 e. The van der Waals surface area contributed by atoms with Crippen molar-refractivity contribution >= 4 is 22.2 Å². The molecule has 0 bridgehead atoms. The molecule has 0 saturated carbocycles. The van der Waals surface area contributed by atoms with Crippen LogP contribution in [0.3, 0.4) is 0 Å². The Morgan fingerprint density at radius 1 is 1.24 bits per heavy atom. The normalized spacial score (nSPS) is 11.3. The molecule has 0 spiro atoms. The number of hydrogen-bond donors (Lipinski definition) is 0. The summed E-state index contributed by atoms with van der Waals surface area (Å²) < 4.78 is 7.51. The molecule has 0 amide bonds. The molecule has 4 rings (SSSR count). The Bertz CT molecular complexity index is 889. The monoisotopic (exact) mass is 295 g/mol. The van der Waals surface area contributed by atoms with Crippen LogP contribution >= 0.6 is 11.3 Å². The number of rotatable bonds is 3. The lowest BCUT2D eigenvalue weighted by molar-refractivity contribution is 0.386. The molecule has 0 aliphatic carbocycles. The van der Waals surface area contributed by atoms with E-state index in [0.29, 0.717) is 18.1 Å². The number of fused-ring (bicyclic) bond motifs is 1. The number of nitrogens with zero attached hydrogens (tertiary/aromatic N) is 3. The Morgan fingerprint density at radius 3 is 3.00 bits per heavy atom. The predicted octanol–water partition coefficient (Wildman–Crippen LogP) is 3.88. The van der Waals surface area contributed by atoms with Crippen molar-refractivity contribution in [1.29, 1.82) is 0 Å². The quantitative estimate of drug-likeness (QED) is 0.576. The Balaban J connectivity index is 1.69. The Labute approximate surface area is 125 Å². The van der Waals surface area contributed by atoms with Crippen LogP contribution in [-0.4, -0.2) is 14.7 Å². The van der Waals surface area contributed by atoms with E-state index in [-0.39, 0.29) is 0 Å². The van der Waals surface area contributed by atoms with E-state index in [1.165, 1.54) is 16.5 Å². The lowest BCUT2D eigenvalue weighted by atomic mass is 10.1. The van der Waals surface area contributed by atoms with Gasteiger partial charge in [0.15, 0.2) is 0 Å². The molecule has 0 unspecified atom stereocenters. The van der Waals surface area contributed by atoms with E-state index in [2.05, 4.69) is 46.2 Å². The maximum atomic E-state index is 5.38. The summed E-state index contributed by atoms with van der Waals surface area (Å²) in [6.45, 7) is 0. The Kier molecular flexibility index (Phi) is 2.86. The molecule has 104 valence electrons. The predicted molar refractivity (Wildman–Crippen MR) is 83.3 cm³/mol. The minimum absolute atomic E-state index is 0.646. The van der Waals surface area contributed by atoms with E-state index in [0.717, 1.165) is 5.56 Å². The van der Waals surface area contributed by atoms with Crippen LogP contribution in [0.1, 0.15) is 11.5 Å². The van der Waals surface area contributed by atoms with Crippen molar-refractivity contribution in [2.24, 2.45) is 7.05 Å². The van der Waals surface area contributed by atoms with Gasteiger partial charge in [-0.15, -0.1) is 0 Å². The second-order valence-electron chi connectivity index (χ2n) is 4.98. The fraction of sp³-hybridized carbons (Fsp3) is 0.125. The number of thiophene rings is 1. The number of aryl methyl sites for hydroxylation is 1. The SMILES string of the molecule is Cn1cc(Cc2nc(-c3ccsc3)no2)c2ccccc21. The van der Waals surface area contributed by atoms with E-state index in [4.69, 9.17) is 4.52 Å². The molecule has 3 aromatic heterocycles. The summed E-state index contributed by atoms with van der Waals surface area (Å²) in [7, 11) is 2.05. The molecule has 0 radical (unpaired) electrons. The fourth-order valence-corrected chi connectivity index (χ4v) is 3.20. The van der Waals surface area contributed by atoms with Gasteiger partial charge in [-0.1, -0.05) is 23.4 Å². The van der Waals surface area contributed by atoms with Crippen molar-refractivity contribution in [3.63, 3.8) is 0 Å². The van der Waals surface area contributed by atoms with Crippen LogP contribution in [0, 0.1) is 0 Å². The van der Waals surface area contributed by atoms with Crippen molar-refractivity contribution in [2.45, 2.75) is 6.42 Å². The van der Waals surface area contributed by atoms with Crippen LogP contribution in [0.15, 0.2) is 51.8 Å². The van der Waals surface area contributed by atoms with E-state index in [9.17, 15) is 0 Å². The van der Waals surface area contributed by atoms with E-state index in [1.54, 1.807) is 11.3 Å². The lowest BCUT2D eigenvalue weighted by Gasteiger charge is -1.94. The van der Waals surface area contributed by atoms with Crippen LogP contribution in [-0.2, 0) is 13.5 Å². The molecule has 3 heterocycles. The third-order valence-corrected chi connectivity index (χ3v) is 4.25. The molecule has 0 atom stereocenters. The number of para-hydroxylation sites is 1. The highest BCUT2D eigenvalue weighted by molar-refractivity contribution is 7.08. The first kappa shape index (κ1) is 12.3. The van der Waals surface area contributed by atoms with Crippen LogP contribution in [0.2, 0.25) is 0 Å². The van der Waals surface area contributed by atoms with E-state index in [1.807, 2.05) is 22.9 Å². The fourth-order valence-electron chi connectivity index (χ4n) is 2.56. The molecular weight excluding hydrogens is 282 g/mol. The number of benzene rings is 1. The van der Waals surface area contributed by atoms with Gasteiger partial charge in [0.2, 0.25) is 11.7 Å². The molecule has 4 nitrogen and oxygen atoms in total. The summed E-state index contributed by atoms with van der Waals surface area (Å²) >= 11 is 1.63. The summed E-state index contributed by atoms with van der Waals surface area (Å²) in [5.41, 5.74) is 3.42. The summed E-state index contributed by atoms with van der Waals surface area (Å²) in [5.74, 6) is 1.30. The molecule has 1 aromatic carbocycles. The first-order valence-electron chi connectivity index (χ1n) is 6.69. The standard InChI is InChI=1S/C16H13N3OS/c1-19-9-12(13-4-2-3-5-14(13)19)8-15-17-16(18-20-15)11-6-7-21-10-11/h2-7,9-10H,8H2,1H3. The first-order chi connectivity index (χ1) is 10.3. The Morgan fingerprint density at radius 2 is 2.14 bits per heavy atom. The van der Waals surface area contributed by atoms with Crippen LogP contribution in [0.5, 0.6) is 0 Å². The number of aromatic nitrogens is 3. The summed E-state index contributed by atoms with van der Waals surface area (Å²) in [5, 5.41) is 9.32. The van der Waals surface area contributed by atoms with Gasteiger partial charge in [0.1, 0.15) is 0 Å². The highest BCUT2D eigenvalue weighted by Gasteiger charge is 2.12. The lowest BCUT2D eigenvalue weighted by Crippen LogP contribution is -1.87. The topological polar surface area (TPSA) is 43.9 Å². The minimum atomic E-state index is 0.646. The van der Waals surface area contributed by atoms with Gasteiger partial charge >= 0.3 is 0 Å². The molecule has 21 heavy (non-hydrogen) atoms. The van der Waals surface area contributed by atoms with Crippen LogP contribution < -0.4 is 0 Å². The van der Waals surface area contributed by atoms with Crippen molar-refractivity contribution < 1.29 is 4.52 Å². The average molecular weight is 295 g/mol. The maximum absolute atomic E-state index is 5.38. The number of hydrogen-bond acceptors (Lipinski definition) is 4. The van der Waals surface area contributed by atoms with Crippen molar-refractivity contribution in [3.8, 4) is 11.4 Å². The van der Waals surface area contributed by atoms with Gasteiger partial charge in [-0.25, -0.2) is 0 Å². The Hall–Kier alpha value is -2.40. The zero-order valence-electron chi connectivity index (χ0n) is 11.5. The molecule has 0 aliphatic heterocycles. The first-order valence-corrected chi connectivity index (χ1v) is 7.63.